The molecular weight excluding hydrogens is 546 g/mol. The topological polar surface area (TPSA) is 121 Å². The van der Waals surface area contributed by atoms with Crippen LogP contribution in [0.4, 0.5) is 0 Å². The predicted octanol–water partition coefficient (Wildman–Crippen LogP) is 4.61. The Bertz CT molecular complexity index is 1740. The first-order chi connectivity index (χ1) is 20.8. The average Bonchev–Trinajstić information content (AvgIpc) is 3.26. The van der Waals surface area contributed by atoms with Gasteiger partial charge >= 0.3 is 0 Å². The molecule has 1 saturated carbocycles. The van der Waals surface area contributed by atoms with E-state index in [0.717, 1.165) is 5.57 Å². The fraction of sp³-hybridized carbons (Fsp3) is 0.257. The number of imide groups is 1. The molecule has 6 atom stereocenters. The molecule has 3 aromatic rings. The van der Waals surface area contributed by atoms with Gasteiger partial charge < -0.3 is 9.84 Å². The van der Waals surface area contributed by atoms with E-state index in [1.54, 1.807) is 18.2 Å². The summed E-state index contributed by atoms with van der Waals surface area (Å²) in [6.45, 7) is 0. The van der Waals surface area contributed by atoms with E-state index in [-0.39, 0.29) is 35.2 Å². The van der Waals surface area contributed by atoms with E-state index in [0.29, 0.717) is 28.0 Å². The first-order valence-electron chi connectivity index (χ1n) is 14.3. The number of benzene rings is 3. The Balaban J connectivity index is 1.55. The molecule has 216 valence electrons. The molecule has 2 fully saturated rings. The molecule has 2 amide bonds. The van der Waals surface area contributed by atoms with Crippen molar-refractivity contribution in [2.45, 2.75) is 24.2 Å². The highest BCUT2D eigenvalue weighted by atomic mass is 16.5. The molecule has 43 heavy (non-hydrogen) atoms. The van der Waals surface area contributed by atoms with E-state index in [1.165, 1.54) is 25.3 Å². The van der Waals surface area contributed by atoms with Crippen LogP contribution in [0.25, 0.3) is 5.57 Å². The van der Waals surface area contributed by atoms with Gasteiger partial charge in [0.1, 0.15) is 11.5 Å². The number of ether oxygens (including phenoxy) is 1. The summed E-state index contributed by atoms with van der Waals surface area (Å²) < 4.78 is 5.75. The Morgan fingerprint density at radius 3 is 2.28 bits per heavy atom. The summed E-state index contributed by atoms with van der Waals surface area (Å²) in [7, 11) is 1.47. The van der Waals surface area contributed by atoms with Gasteiger partial charge in [0.2, 0.25) is 0 Å². The molecule has 6 unspecified atom stereocenters. The second-order valence-corrected chi connectivity index (χ2v) is 11.7. The van der Waals surface area contributed by atoms with Crippen molar-refractivity contribution in [3.8, 4) is 11.5 Å². The number of amides is 2. The van der Waals surface area contributed by atoms with Crippen molar-refractivity contribution >= 4 is 29.0 Å². The fourth-order valence-electron chi connectivity index (χ4n) is 8.14. The number of ketones is 2. The van der Waals surface area contributed by atoms with Crippen molar-refractivity contribution in [2.24, 2.45) is 23.7 Å². The number of hydroxylamine groups is 2. The molecule has 4 aliphatic rings. The van der Waals surface area contributed by atoms with Crippen LogP contribution >= 0.6 is 0 Å². The molecule has 2 N–H and O–H groups in total. The third-order valence-corrected chi connectivity index (χ3v) is 9.88. The summed E-state index contributed by atoms with van der Waals surface area (Å²) in [4.78, 5) is 55.9. The van der Waals surface area contributed by atoms with Crippen LogP contribution in [-0.4, -0.2) is 45.9 Å². The number of hydrogen-bond donors (Lipinski definition) is 2. The zero-order valence-electron chi connectivity index (χ0n) is 23.3. The lowest BCUT2D eigenvalue weighted by Crippen LogP contribution is -2.58. The van der Waals surface area contributed by atoms with Crippen molar-refractivity contribution in [1.82, 2.24) is 5.06 Å². The first-order valence-corrected chi connectivity index (χ1v) is 14.3. The van der Waals surface area contributed by atoms with Gasteiger partial charge in [0.05, 0.1) is 24.4 Å². The van der Waals surface area contributed by atoms with Crippen LogP contribution in [0.15, 0.2) is 96.6 Å². The minimum atomic E-state index is -1.40. The highest BCUT2D eigenvalue weighted by molar-refractivity contribution is 6.31. The maximum atomic E-state index is 14.9. The number of methoxy groups -OCH3 is 1. The smallest absolute Gasteiger partial charge is 0.257 e. The highest BCUT2D eigenvalue weighted by Crippen LogP contribution is 2.64. The number of Topliss-reactive ketones (excluding diaryl/α,β-unsaturated/α-hetero) is 1. The monoisotopic (exact) mass is 575 g/mol. The summed E-state index contributed by atoms with van der Waals surface area (Å²) in [5.74, 6) is -5.40. The number of hydrogen-bond acceptors (Lipinski definition) is 7. The number of rotatable bonds is 4. The molecule has 7 rings (SSSR count). The van der Waals surface area contributed by atoms with Crippen LogP contribution in [0.1, 0.15) is 35.4 Å². The van der Waals surface area contributed by atoms with E-state index in [4.69, 9.17) is 4.74 Å². The molecule has 1 aliphatic heterocycles. The van der Waals surface area contributed by atoms with Gasteiger partial charge in [-0.15, -0.1) is 0 Å². The normalized spacial score (nSPS) is 29.8. The van der Waals surface area contributed by atoms with Crippen LogP contribution in [0, 0.1) is 23.7 Å². The zero-order valence-corrected chi connectivity index (χ0v) is 23.3. The molecular formula is C35H29NO7. The summed E-state index contributed by atoms with van der Waals surface area (Å²) in [5.41, 5.74) is 1.51. The quantitative estimate of drug-likeness (QED) is 0.265. The second-order valence-electron chi connectivity index (χ2n) is 11.7. The van der Waals surface area contributed by atoms with Crippen LogP contribution in [-0.2, 0) is 24.6 Å². The van der Waals surface area contributed by atoms with Crippen LogP contribution < -0.4 is 4.74 Å². The number of fused-ring (bicyclic) bond motifs is 4. The molecule has 0 radical (unpaired) electrons. The fourth-order valence-corrected chi connectivity index (χ4v) is 8.14. The number of nitrogens with zero attached hydrogens (tertiary/aromatic N) is 1. The Hall–Kier alpha value is -4.82. The van der Waals surface area contributed by atoms with Gasteiger partial charge in [0.25, 0.3) is 11.8 Å². The third kappa shape index (κ3) is 3.72. The van der Waals surface area contributed by atoms with E-state index >= 15 is 0 Å². The average molecular weight is 576 g/mol. The summed E-state index contributed by atoms with van der Waals surface area (Å²) in [6.07, 6.45) is 3.70. The van der Waals surface area contributed by atoms with Gasteiger partial charge in [-0.05, 0) is 42.0 Å². The van der Waals surface area contributed by atoms with Gasteiger partial charge in [-0.1, -0.05) is 78.4 Å². The molecule has 0 aromatic heterocycles. The maximum Gasteiger partial charge on any atom is 0.257 e. The first kappa shape index (κ1) is 27.0. The molecule has 0 spiro atoms. The van der Waals surface area contributed by atoms with Gasteiger partial charge in [0.15, 0.2) is 11.6 Å². The number of carbonyl (C=O) groups is 4. The van der Waals surface area contributed by atoms with Gasteiger partial charge in [0, 0.05) is 29.0 Å². The Morgan fingerprint density at radius 2 is 1.58 bits per heavy atom. The van der Waals surface area contributed by atoms with E-state index in [1.807, 2.05) is 54.6 Å². The molecule has 0 bridgehead atoms. The number of phenolic OH excluding ortho intramolecular Hbond substituents is 1. The van der Waals surface area contributed by atoms with Crippen molar-refractivity contribution in [2.75, 3.05) is 7.11 Å². The number of phenols is 1. The van der Waals surface area contributed by atoms with Crippen molar-refractivity contribution in [1.29, 1.82) is 0 Å². The highest BCUT2D eigenvalue weighted by Gasteiger charge is 2.66. The lowest BCUT2D eigenvalue weighted by atomic mass is 9.44. The van der Waals surface area contributed by atoms with Crippen molar-refractivity contribution in [3.63, 3.8) is 0 Å². The Kier molecular flexibility index (Phi) is 6.21. The van der Waals surface area contributed by atoms with Gasteiger partial charge in [-0.3, -0.25) is 24.4 Å². The summed E-state index contributed by atoms with van der Waals surface area (Å²) in [5, 5.41) is 20.9. The number of allylic oxidation sites excluding steroid dienone is 4. The van der Waals surface area contributed by atoms with Crippen molar-refractivity contribution in [3.05, 3.63) is 113 Å². The number of carbonyl (C=O) groups excluding carboxylic acids is 4. The van der Waals surface area contributed by atoms with E-state index in [9.17, 15) is 29.5 Å². The molecule has 1 saturated heterocycles. The zero-order chi connectivity index (χ0) is 30.0. The van der Waals surface area contributed by atoms with Crippen LogP contribution in [0.5, 0.6) is 11.5 Å². The standard InChI is InChI=1S/C35H29NO7/c1-43-28-16-21(37)12-13-23(28)31-22-14-15-24-30(34(41)36(42)33(24)40)26(22)17-27-32(39)25(19-8-4-2-5-9-19)18-29(38)35(27,31)20-10-6-3-7-11-20/h2-14,16,18,24,26-27,30-31,37,42H,15,17H2,1H3. The molecule has 3 aliphatic carbocycles. The van der Waals surface area contributed by atoms with Crippen LogP contribution in [0.3, 0.4) is 0 Å². The number of aromatic hydroxyl groups is 1. The predicted molar refractivity (Wildman–Crippen MR) is 155 cm³/mol. The van der Waals surface area contributed by atoms with Gasteiger partial charge in [-0.25, -0.2) is 0 Å². The largest absolute Gasteiger partial charge is 0.508 e. The lowest BCUT2D eigenvalue weighted by molar-refractivity contribution is -0.173. The van der Waals surface area contributed by atoms with E-state index in [2.05, 4.69) is 0 Å². The maximum absolute atomic E-state index is 14.9. The molecule has 3 aromatic carbocycles. The summed E-state index contributed by atoms with van der Waals surface area (Å²) in [6, 6.07) is 22.9. The third-order valence-electron chi connectivity index (χ3n) is 9.88. The Labute approximate surface area is 247 Å². The minimum absolute atomic E-state index is 0.0271. The molecule has 1 heterocycles. The SMILES string of the molecule is COc1cc(O)ccc1C1C2=CCC3C(=O)N(O)C(=O)C3C2CC2C(=O)C(c3ccccc3)=CC(=O)C21c1ccccc1. The second kappa shape index (κ2) is 9.88. The van der Waals surface area contributed by atoms with Crippen LogP contribution in [0.2, 0.25) is 0 Å². The Morgan fingerprint density at radius 1 is 0.884 bits per heavy atom. The minimum Gasteiger partial charge on any atom is -0.508 e. The van der Waals surface area contributed by atoms with Crippen molar-refractivity contribution < 1.29 is 34.2 Å². The van der Waals surface area contributed by atoms with E-state index < -0.39 is 46.8 Å². The molecule has 8 heteroatoms. The molecule has 8 nitrogen and oxygen atoms in total. The van der Waals surface area contributed by atoms with Gasteiger partial charge in [-0.2, -0.15) is 5.06 Å². The lowest BCUT2D eigenvalue weighted by Gasteiger charge is -2.55. The summed E-state index contributed by atoms with van der Waals surface area (Å²) >= 11 is 0.